The van der Waals surface area contributed by atoms with Crippen LogP contribution in [0.5, 0.6) is 5.75 Å². The van der Waals surface area contributed by atoms with E-state index in [0.717, 1.165) is 44.6 Å². The minimum Gasteiger partial charge on any atom is -0.497 e. The number of methoxy groups -OCH3 is 1. The largest absolute Gasteiger partial charge is 0.497 e. The zero-order valence-corrected chi connectivity index (χ0v) is 16.9. The van der Waals surface area contributed by atoms with Gasteiger partial charge in [0.25, 0.3) is 0 Å². The molecule has 0 radical (unpaired) electrons. The molecule has 0 atom stereocenters. The monoisotopic (exact) mass is 392 g/mol. The first-order chi connectivity index (χ1) is 14.0. The molecular weight excluding hydrogens is 368 g/mol. The first-order valence-corrected chi connectivity index (χ1v) is 9.42. The number of nitrogens with two attached hydrogens (primary N) is 1. The number of nitrogen functional groups attached to an aromatic ring is 1. The van der Waals surface area contributed by atoms with Crippen molar-refractivity contribution in [1.82, 2.24) is 24.4 Å². The second-order valence-electron chi connectivity index (χ2n) is 7.26. The van der Waals surface area contributed by atoms with Gasteiger partial charge < -0.3 is 24.9 Å². The maximum atomic E-state index is 11.1. The molecule has 8 heteroatoms. The number of benzene rings is 1. The molecular formula is C21H24N6O2. The third-order valence-corrected chi connectivity index (χ3v) is 5.29. The van der Waals surface area contributed by atoms with Crippen molar-refractivity contribution in [2.24, 2.45) is 7.05 Å². The molecule has 0 bridgehead atoms. The number of rotatable bonds is 6. The highest BCUT2D eigenvalue weighted by molar-refractivity contribution is 6.04. The van der Waals surface area contributed by atoms with Crippen molar-refractivity contribution in [3.63, 3.8) is 0 Å². The van der Waals surface area contributed by atoms with E-state index < -0.39 is 0 Å². The maximum Gasteiger partial charge on any atom is 0.207 e. The number of nitrogens with one attached hydrogen (secondary N) is 1. The molecule has 1 aromatic carbocycles. The lowest BCUT2D eigenvalue weighted by Crippen LogP contribution is -2.16. The molecule has 4 aromatic rings. The van der Waals surface area contributed by atoms with Crippen molar-refractivity contribution in [2.75, 3.05) is 12.8 Å². The summed E-state index contributed by atoms with van der Waals surface area (Å²) in [6.45, 7) is 4.52. The Kier molecular flexibility index (Phi) is 4.62. The Morgan fingerprint density at radius 3 is 2.76 bits per heavy atom. The summed E-state index contributed by atoms with van der Waals surface area (Å²) in [6.07, 6.45) is 2.18. The molecule has 0 aliphatic carbocycles. The van der Waals surface area contributed by atoms with Gasteiger partial charge in [0, 0.05) is 35.2 Å². The van der Waals surface area contributed by atoms with Gasteiger partial charge >= 0.3 is 0 Å². The average molecular weight is 392 g/mol. The van der Waals surface area contributed by atoms with Gasteiger partial charge in [-0.1, -0.05) is 0 Å². The molecule has 29 heavy (non-hydrogen) atoms. The van der Waals surface area contributed by atoms with Gasteiger partial charge in [-0.05, 0) is 38.1 Å². The number of aryl methyl sites for hydroxylation is 1. The van der Waals surface area contributed by atoms with Crippen LogP contribution in [0.3, 0.4) is 0 Å². The van der Waals surface area contributed by atoms with Crippen LogP contribution in [0.4, 0.5) is 5.82 Å². The SMILES string of the molecule is COc1ccc2c(c1)cc(-c1c(CNC=O)n(C(C)C)c3ncnc(N)c13)n2C. The Morgan fingerprint density at radius 2 is 2.07 bits per heavy atom. The zero-order valence-electron chi connectivity index (χ0n) is 16.9. The van der Waals surface area contributed by atoms with Crippen molar-refractivity contribution < 1.29 is 9.53 Å². The molecule has 1 amide bonds. The molecule has 150 valence electrons. The fraction of sp³-hybridized carbons (Fsp3) is 0.286. The Hall–Kier alpha value is -3.55. The Balaban J connectivity index is 2.11. The van der Waals surface area contributed by atoms with Gasteiger partial charge in [-0.3, -0.25) is 4.79 Å². The summed E-state index contributed by atoms with van der Waals surface area (Å²) in [5.74, 6) is 1.21. The summed E-state index contributed by atoms with van der Waals surface area (Å²) in [4.78, 5) is 19.8. The zero-order chi connectivity index (χ0) is 20.7. The van der Waals surface area contributed by atoms with Crippen LogP contribution in [-0.4, -0.2) is 32.6 Å². The molecule has 3 heterocycles. The van der Waals surface area contributed by atoms with Crippen LogP contribution in [0.2, 0.25) is 0 Å². The highest BCUT2D eigenvalue weighted by Crippen LogP contribution is 2.40. The van der Waals surface area contributed by atoms with Crippen molar-refractivity contribution in [3.05, 3.63) is 36.3 Å². The molecule has 8 nitrogen and oxygen atoms in total. The van der Waals surface area contributed by atoms with Crippen molar-refractivity contribution in [2.45, 2.75) is 26.4 Å². The summed E-state index contributed by atoms with van der Waals surface area (Å²) in [7, 11) is 3.67. The summed E-state index contributed by atoms with van der Waals surface area (Å²) in [6, 6.07) is 8.20. The highest BCUT2D eigenvalue weighted by atomic mass is 16.5. The number of hydrogen-bond donors (Lipinski definition) is 2. The van der Waals surface area contributed by atoms with E-state index in [-0.39, 0.29) is 6.04 Å². The molecule has 3 N–H and O–H groups in total. The number of carbonyl (C=O) groups is 1. The predicted molar refractivity (Wildman–Crippen MR) is 114 cm³/mol. The van der Waals surface area contributed by atoms with E-state index in [9.17, 15) is 4.79 Å². The van der Waals surface area contributed by atoms with E-state index in [0.29, 0.717) is 18.8 Å². The maximum absolute atomic E-state index is 11.1. The van der Waals surface area contributed by atoms with Crippen LogP contribution in [-0.2, 0) is 18.4 Å². The van der Waals surface area contributed by atoms with Crippen LogP contribution < -0.4 is 15.8 Å². The van der Waals surface area contributed by atoms with Gasteiger partial charge in [0.05, 0.1) is 24.7 Å². The van der Waals surface area contributed by atoms with Gasteiger partial charge in [-0.25, -0.2) is 9.97 Å². The number of ether oxygens (including phenoxy) is 1. The fourth-order valence-corrected chi connectivity index (χ4v) is 4.04. The molecule has 0 aliphatic heterocycles. The second-order valence-corrected chi connectivity index (χ2v) is 7.26. The molecule has 0 unspecified atom stereocenters. The molecule has 0 spiro atoms. The van der Waals surface area contributed by atoms with Gasteiger partial charge in [-0.2, -0.15) is 0 Å². The standard InChI is InChI=1S/C21H24N6O2/c1-12(2)27-17(9-23-11-28)18(19-20(22)24-10-25-21(19)27)16-8-13-7-14(29-4)5-6-15(13)26(16)3/h5-8,10-12H,9H2,1-4H3,(H,23,28)(H2,22,24,25). The molecule has 0 aliphatic rings. The van der Waals surface area contributed by atoms with E-state index in [1.807, 2.05) is 25.2 Å². The lowest BCUT2D eigenvalue weighted by Gasteiger charge is -2.15. The number of aromatic nitrogens is 4. The van der Waals surface area contributed by atoms with Crippen molar-refractivity contribution >= 4 is 34.2 Å². The van der Waals surface area contributed by atoms with Gasteiger partial charge in [0.15, 0.2) is 0 Å². The van der Waals surface area contributed by atoms with Gasteiger partial charge in [0.2, 0.25) is 6.41 Å². The van der Waals surface area contributed by atoms with E-state index in [1.165, 1.54) is 6.33 Å². The number of anilines is 1. The lowest BCUT2D eigenvalue weighted by molar-refractivity contribution is -0.109. The molecule has 4 rings (SSSR count). The van der Waals surface area contributed by atoms with E-state index in [1.54, 1.807) is 7.11 Å². The molecule has 0 fully saturated rings. The van der Waals surface area contributed by atoms with Crippen LogP contribution in [0.15, 0.2) is 30.6 Å². The van der Waals surface area contributed by atoms with Crippen LogP contribution in [0.1, 0.15) is 25.6 Å². The normalized spacial score (nSPS) is 11.5. The summed E-state index contributed by atoms with van der Waals surface area (Å²) < 4.78 is 9.60. The summed E-state index contributed by atoms with van der Waals surface area (Å²) >= 11 is 0. The van der Waals surface area contributed by atoms with Gasteiger partial charge in [-0.15, -0.1) is 0 Å². The highest BCUT2D eigenvalue weighted by Gasteiger charge is 2.25. The number of amides is 1. The minimum atomic E-state index is 0.124. The first-order valence-electron chi connectivity index (χ1n) is 9.42. The lowest BCUT2D eigenvalue weighted by atomic mass is 10.1. The Morgan fingerprint density at radius 1 is 1.28 bits per heavy atom. The number of carbonyl (C=O) groups excluding carboxylic acids is 1. The Bertz CT molecular complexity index is 1220. The van der Waals surface area contributed by atoms with Crippen molar-refractivity contribution in [3.8, 4) is 17.0 Å². The van der Waals surface area contributed by atoms with E-state index in [2.05, 4.69) is 44.3 Å². The third kappa shape index (κ3) is 2.88. The predicted octanol–water partition coefficient (Wildman–Crippen LogP) is 3.01. The molecule has 3 aromatic heterocycles. The smallest absolute Gasteiger partial charge is 0.207 e. The number of fused-ring (bicyclic) bond motifs is 2. The number of hydrogen-bond acceptors (Lipinski definition) is 5. The Labute approximate surface area is 168 Å². The molecule has 0 saturated heterocycles. The van der Waals surface area contributed by atoms with Crippen molar-refractivity contribution in [1.29, 1.82) is 0 Å². The third-order valence-electron chi connectivity index (χ3n) is 5.29. The van der Waals surface area contributed by atoms with Crippen LogP contribution in [0.25, 0.3) is 33.2 Å². The average Bonchev–Trinajstić information content (AvgIpc) is 3.21. The summed E-state index contributed by atoms with van der Waals surface area (Å²) in [5, 5.41) is 4.65. The quantitative estimate of drug-likeness (QED) is 0.491. The first kappa shape index (κ1) is 18.8. The van der Waals surface area contributed by atoms with E-state index in [4.69, 9.17) is 10.5 Å². The molecule has 0 saturated carbocycles. The van der Waals surface area contributed by atoms with Crippen LogP contribution >= 0.6 is 0 Å². The van der Waals surface area contributed by atoms with Gasteiger partial charge in [0.1, 0.15) is 23.5 Å². The minimum absolute atomic E-state index is 0.124. The summed E-state index contributed by atoms with van der Waals surface area (Å²) in [5.41, 5.74) is 11.0. The number of nitrogens with zero attached hydrogens (tertiary/aromatic N) is 4. The van der Waals surface area contributed by atoms with Crippen LogP contribution in [0, 0.1) is 0 Å². The van der Waals surface area contributed by atoms with E-state index >= 15 is 0 Å². The second kappa shape index (κ2) is 7.12. The topological polar surface area (TPSA) is 100.0 Å². The fourth-order valence-electron chi connectivity index (χ4n) is 4.04.